The first-order chi connectivity index (χ1) is 8.93. The fraction of sp³-hybridized carbons (Fsp3) is 0.385. The predicted octanol–water partition coefficient (Wildman–Crippen LogP) is 1.76. The lowest BCUT2D eigenvalue weighted by Gasteiger charge is -2.17. The van der Waals surface area contributed by atoms with Crippen molar-refractivity contribution in [3.05, 3.63) is 35.8 Å². The van der Waals surface area contributed by atoms with Crippen molar-refractivity contribution in [1.82, 2.24) is 14.1 Å². The van der Waals surface area contributed by atoms with Gasteiger partial charge >= 0.3 is 0 Å². The third kappa shape index (κ3) is 2.83. The molecule has 0 saturated heterocycles. The minimum atomic E-state index is -1.13. The summed E-state index contributed by atoms with van der Waals surface area (Å²) in [6.07, 6.45) is 3.54. The van der Waals surface area contributed by atoms with Gasteiger partial charge in [-0.15, -0.1) is 0 Å². The Bertz CT molecular complexity index is 663. The molecule has 2 aromatic rings. The quantitative estimate of drug-likeness (QED) is 0.928. The molecule has 6 heteroatoms. The summed E-state index contributed by atoms with van der Waals surface area (Å²) in [5.74, 6) is 0. The lowest BCUT2D eigenvalue weighted by Crippen LogP contribution is -2.33. The maximum atomic E-state index is 11.9. The van der Waals surface area contributed by atoms with Crippen molar-refractivity contribution in [2.24, 2.45) is 0 Å². The van der Waals surface area contributed by atoms with Crippen LogP contribution in [-0.2, 0) is 17.5 Å². The van der Waals surface area contributed by atoms with Crippen LogP contribution in [0.15, 0.2) is 24.5 Å². The Kier molecular flexibility index (Phi) is 3.69. The van der Waals surface area contributed by atoms with E-state index >= 15 is 0 Å². The van der Waals surface area contributed by atoms with Gasteiger partial charge in [-0.25, -0.2) is 13.9 Å². The van der Waals surface area contributed by atoms with E-state index in [1.807, 2.05) is 31.4 Å². The Labute approximate surface area is 114 Å². The van der Waals surface area contributed by atoms with Gasteiger partial charge in [-0.2, -0.15) is 5.26 Å². The minimum Gasteiger partial charge on any atom is -0.302 e. The molecule has 0 bridgehead atoms. The maximum absolute atomic E-state index is 11.9. The van der Waals surface area contributed by atoms with Crippen LogP contribution in [0.3, 0.4) is 0 Å². The molecule has 2 aromatic heterocycles. The van der Waals surface area contributed by atoms with Crippen molar-refractivity contribution in [2.45, 2.75) is 32.1 Å². The molecule has 0 fully saturated rings. The molecular formula is C13H16N4OS. The zero-order valence-corrected chi connectivity index (χ0v) is 12.0. The molecule has 5 nitrogen and oxygen atoms in total. The molecule has 19 heavy (non-hydrogen) atoms. The topological polar surface area (TPSA) is 70.2 Å². The van der Waals surface area contributed by atoms with Crippen molar-refractivity contribution >= 4 is 16.6 Å². The summed E-state index contributed by atoms with van der Waals surface area (Å²) in [4.78, 5) is 4.23. The number of nitrogens with one attached hydrogen (secondary N) is 1. The van der Waals surface area contributed by atoms with Gasteiger partial charge in [0.2, 0.25) is 0 Å². The van der Waals surface area contributed by atoms with Crippen LogP contribution in [0.2, 0.25) is 0 Å². The van der Waals surface area contributed by atoms with Gasteiger partial charge in [-0.05, 0) is 32.9 Å². The van der Waals surface area contributed by atoms with Gasteiger partial charge in [0, 0.05) is 6.20 Å². The number of aromatic nitrogens is 2. The van der Waals surface area contributed by atoms with E-state index in [1.54, 1.807) is 18.3 Å². The van der Waals surface area contributed by atoms with Crippen molar-refractivity contribution in [2.75, 3.05) is 0 Å². The number of hydrogen-bond donors (Lipinski definition) is 1. The first-order valence-electron chi connectivity index (χ1n) is 5.94. The number of fused-ring (bicyclic) bond motifs is 1. The first-order valence-corrected chi connectivity index (χ1v) is 7.09. The van der Waals surface area contributed by atoms with Gasteiger partial charge < -0.3 is 4.40 Å². The fourth-order valence-electron chi connectivity index (χ4n) is 1.64. The highest BCUT2D eigenvalue weighted by molar-refractivity contribution is 7.84. The lowest BCUT2D eigenvalue weighted by molar-refractivity contribution is 0.633. The molecule has 1 atom stereocenters. The minimum absolute atomic E-state index is 0.307. The second kappa shape index (κ2) is 5.11. The van der Waals surface area contributed by atoms with E-state index in [4.69, 9.17) is 5.26 Å². The number of hydrogen-bond acceptors (Lipinski definition) is 3. The van der Waals surface area contributed by atoms with Crippen LogP contribution in [0, 0.1) is 11.3 Å². The van der Waals surface area contributed by atoms with Crippen LogP contribution in [0.4, 0.5) is 0 Å². The summed E-state index contributed by atoms with van der Waals surface area (Å²) in [7, 11) is -1.13. The van der Waals surface area contributed by atoms with Gasteiger partial charge in [-0.3, -0.25) is 0 Å². The van der Waals surface area contributed by atoms with Crippen LogP contribution < -0.4 is 4.72 Å². The molecule has 0 aliphatic rings. The second-order valence-corrected chi connectivity index (χ2v) is 7.23. The van der Waals surface area contributed by atoms with Crippen LogP contribution in [0.25, 0.3) is 5.65 Å². The van der Waals surface area contributed by atoms with Gasteiger partial charge in [0.05, 0.1) is 39.7 Å². The maximum Gasteiger partial charge on any atom is 0.154 e. The smallest absolute Gasteiger partial charge is 0.154 e. The number of pyridine rings is 1. The van der Waals surface area contributed by atoms with E-state index in [1.165, 1.54) is 0 Å². The molecule has 0 amide bonds. The zero-order valence-electron chi connectivity index (χ0n) is 11.2. The summed E-state index contributed by atoms with van der Waals surface area (Å²) in [5.41, 5.74) is 2.04. The molecule has 0 spiro atoms. The molecule has 1 N–H and O–H groups in total. The number of imidazole rings is 1. The van der Waals surface area contributed by atoms with Crippen LogP contribution >= 0.6 is 0 Å². The Morgan fingerprint density at radius 1 is 1.53 bits per heavy atom. The van der Waals surface area contributed by atoms with Crippen molar-refractivity contribution in [1.29, 1.82) is 5.26 Å². The standard InChI is InChI=1S/C13H16N4OS/c1-13(2,3)19(18)16-9-11-8-15-12-10(7-14)5-4-6-17(11)12/h4-6,8,16H,9H2,1-3H3. The predicted molar refractivity (Wildman–Crippen MR) is 74.6 cm³/mol. The Morgan fingerprint density at radius 3 is 2.89 bits per heavy atom. The largest absolute Gasteiger partial charge is 0.302 e. The summed E-state index contributed by atoms with van der Waals surface area (Å²) in [5, 5.41) is 9.00. The Hall–Kier alpha value is -1.71. The van der Waals surface area contributed by atoms with Crippen molar-refractivity contribution in [3.8, 4) is 6.07 Å². The SMILES string of the molecule is CC(C)(C)S(=O)NCc1cnc2c(C#N)cccn12. The van der Waals surface area contributed by atoms with Gasteiger partial charge in [0.1, 0.15) is 6.07 Å². The molecule has 0 saturated carbocycles. The molecule has 0 aliphatic carbocycles. The number of rotatable bonds is 3. The summed E-state index contributed by atoms with van der Waals surface area (Å²) >= 11 is 0. The molecule has 0 aliphatic heterocycles. The highest BCUT2D eigenvalue weighted by Crippen LogP contribution is 2.13. The average Bonchev–Trinajstić information content (AvgIpc) is 2.77. The van der Waals surface area contributed by atoms with E-state index < -0.39 is 11.0 Å². The average molecular weight is 276 g/mol. The third-order valence-corrected chi connectivity index (χ3v) is 4.19. The Balaban J connectivity index is 2.24. The zero-order chi connectivity index (χ0) is 14.0. The van der Waals surface area contributed by atoms with Gasteiger partial charge in [0.25, 0.3) is 0 Å². The van der Waals surface area contributed by atoms with E-state index in [9.17, 15) is 4.21 Å². The second-order valence-electron chi connectivity index (χ2n) is 5.18. The van der Waals surface area contributed by atoms with E-state index in [-0.39, 0.29) is 4.75 Å². The first kappa shape index (κ1) is 13.7. The van der Waals surface area contributed by atoms with E-state index in [0.29, 0.717) is 17.8 Å². The van der Waals surface area contributed by atoms with Crippen LogP contribution in [-0.4, -0.2) is 18.3 Å². The Morgan fingerprint density at radius 2 is 2.26 bits per heavy atom. The van der Waals surface area contributed by atoms with E-state index in [2.05, 4.69) is 15.8 Å². The normalized spacial score (nSPS) is 13.4. The summed E-state index contributed by atoms with van der Waals surface area (Å²) in [6, 6.07) is 5.64. The van der Waals surface area contributed by atoms with Crippen LogP contribution in [0.5, 0.6) is 0 Å². The third-order valence-electron chi connectivity index (χ3n) is 2.67. The monoisotopic (exact) mass is 276 g/mol. The van der Waals surface area contributed by atoms with Gasteiger partial charge in [0.15, 0.2) is 5.65 Å². The molecule has 100 valence electrons. The van der Waals surface area contributed by atoms with E-state index in [0.717, 1.165) is 5.69 Å². The fourth-order valence-corrected chi connectivity index (χ4v) is 2.35. The molecule has 2 rings (SSSR count). The molecule has 0 radical (unpaired) electrons. The van der Waals surface area contributed by atoms with Crippen molar-refractivity contribution < 1.29 is 4.21 Å². The van der Waals surface area contributed by atoms with Crippen molar-refractivity contribution in [3.63, 3.8) is 0 Å². The highest BCUT2D eigenvalue weighted by atomic mass is 32.2. The molecular weight excluding hydrogens is 260 g/mol. The highest BCUT2D eigenvalue weighted by Gasteiger charge is 2.19. The van der Waals surface area contributed by atoms with Crippen LogP contribution in [0.1, 0.15) is 32.0 Å². The molecule has 1 unspecified atom stereocenters. The summed E-state index contributed by atoms with van der Waals surface area (Å²) < 4.78 is 16.5. The molecule has 2 heterocycles. The summed E-state index contributed by atoms with van der Waals surface area (Å²) in [6.45, 7) is 6.19. The molecule has 0 aromatic carbocycles. The van der Waals surface area contributed by atoms with Gasteiger partial charge in [-0.1, -0.05) is 0 Å². The number of nitrogens with zero attached hydrogens (tertiary/aromatic N) is 3. The lowest BCUT2D eigenvalue weighted by atomic mass is 10.3. The number of nitriles is 1.